The third-order valence-electron chi connectivity index (χ3n) is 1.54. The zero-order chi connectivity index (χ0) is 10.6. The number of hydrogen-bond acceptors (Lipinski definition) is 3. The maximum absolute atomic E-state index is 10.7. The largest absolute Gasteiger partial charge is 0.265 e. The summed E-state index contributed by atoms with van der Waals surface area (Å²) < 4.78 is 26.1. The molecule has 0 aromatic heterocycles. The third kappa shape index (κ3) is 4.74. The van der Waals surface area contributed by atoms with Gasteiger partial charge in [-0.3, -0.25) is 4.18 Å². The molecule has 0 radical (unpaired) electrons. The molecule has 14 heavy (non-hydrogen) atoms. The summed E-state index contributed by atoms with van der Waals surface area (Å²) in [6, 6.07) is 0. The van der Waals surface area contributed by atoms with Crippen molar-refractivity contribution >= 4 is 26.0 Å². The van der Waals surface area contributed by atoms with Crippen LogP contribution in [0.1, 0.15) is 0 Å². The molecule has 0 heterocycles. The lowest BCUT2D eigenvalue weighted by atomic mass is 10.2. The van der Waals surface area contributed by atoms with Crippen LogP contribution in [0.15, 0.2) is 36.0 Å². The molecule has 0 saturated carbocycles. The highest BCUT2D eigenvalue weighted by molar-refractivity contribution is 9.09. The molecular weight excluding hydrogens is 268 g/mol. The molecule has 0 aromatic rings. The molecule has 1 unspecified atom stereocenters. The molecule has 0 saturated heterocycles. The average molecular weight is 279 g/mol. The Morgan fingerprint density at radius 1 is 1.50 bits per heavy atom. The highest BCUT2D eigenvalue weighted by atomic mass is 79.9. The molecule has 0 amide bonds. The second kappa shape index (κ2) is 4.91. The van der Waals surface area contributed by atoms with Crippen molar-refractivity contribution in [2.45, 2.75) is 4.83 Å². The van der Waals surface area contributed by atoms with E-state index in [-0.39, 0.29) is 11.4 Å². The molecule has 1 aliphatic carbocycles. The van der Waals surface area contributed by atoms with Gasteiger partial charge >= 0.3 is 0 Å². The van der Waals surface area contributed by atoms with Crippen molar-refractivity contribution in [1.29, 1.82) is 0 Å². The van der Waals surface area contributed by atoms with Gasteiger partial charge in [0, 0.05) is 0 Å². The second-order valence-corrected chi connectivity index (χ2v) is 5.60. The summed E-state index contributed by atoms with van der Waals surface area (Å²) >= 11 is 3.39. The Morgan fingerprint density at radius 3 is 2.86 bits per heavy atom. The van der Waals surface area contributed by atoms with Crippen LogP contribution in [0.3, 0.4) is 0 Å². The van der Waals surface area contributed by atoms with E-state index in [2.05, 4.69) is 20.1 Å². The van der Waals surface area contributed by atoms with Crippen molar-refractivity contribution in [3.8, 4) is 0 Å². The summed E-state index contributed by atoms with van der Waals surface area (Å²) in [6.45, 7) is 0.0827. The first-order valence-electron chi connectivity index (χ1n) is 4.01. The highest BCUT2D eigenvalue weighted by Crippen LogP contribution is 2.11. The van der Waals surface area contributed by atoms with Crippen molar-refractivity contribution in [3.63, 3.8) is 0 Å². The number of alkyl halides is 1. The normalized spacial score (nSPS) is 21.9. The van der Waals surface area contributed by atoms with Gasteiger partial charge in [-0.2, -0.15) is 8.42 Å². The molecule has 5 heteroatoms. The smallest absolute Gasteiger partial charge is 0.264 e. The first kappa shape index (κ1) is 11.7. The summed E-state index contributed by atoms with van der Waals surface area (Å²) in [5.41, 5.74) is 0.827. The molecule has 1 aliphatic rings. The van der Waals surface area contributed by atoms with Crippen LogP contribution in [0.4, 0.5) is 0 Å². The average Bonchev–Trinajstić information content (AvgIpc) is 2.25. The maximum Gasteiger partial charge on any atom is 0.264 e. The van der Waals surface area contributed by atoms with Gasteiger partial charge in [0.1, 0.15) is 0 Å². The summed E-state index contributed by atoms with van der Waals surface area (Å²) in [4.78, 5) is 0.189. The van der Waals surface area contributed by atoms with E-state index >= 15 is 0 Å². The van der Waals surface area contributed by atoms with Gasteiger partial charge in [0.15, 0.2) is 0 Å². The molecule has 3 nitrogen and oxygen atoms in total. The lowest BCUT2D eigenvalue weighted by molar-refractivity contribution is 0.355. The maximum atomic E-state index is 10.7. The van der Waals surface area contributed by atoms with Crippen LogP contribution in [-0.4, -0.2) is 26.1 Å². The minimum absolute atomic E-state index is 0.0827. The minimum atomic E-state index is -3.36. The van der Waals surface area contributed by atoms with Crippen molar-refractivity contribution in [1.82, 2.24) is 0 Å². The molecule has 1 rings (SSSR count). The van der Waals surface area contributed by atoms with Gasteiger partial charge in [-0.15, -0.1) is 0 Å². The molecule has 0 bridgehead atoms. The van der Waals surface area contributed by atoms with Gasteiger partial charge < -0.3 is 0 Å². The van der Waals surface area contributed by atoms with Gasteiger partial charge in [-0.1, -0.05) is 46.3 Å². The minimum Gasteiger partial charge on any atom is -0.265 e. The topological polar surface area (TPSA) is 43.4 Å². The molecule has 0 spiro atoms. The fraction of sp³-hybridized carbons (Fsp3) is 0.333. The highest BCUT2D eigenvalue weighted by Gasteiger charge is 2.04. The first-order valence-corrected chi connectivity index (χ1v) is 6.74. The number of halogens is 1. The predicted octanol–water partition coefficient (Wildman–Crippen LogP) is 1.78. The summed E-state index contributed by atoms with van der Waals surface area (Å²) in [5, 5.41) is 0. The van der Waals surface area contributed by atoms with Crippen LogP contribution in [0.2, 0.25) is 0 Å². The number of allylic oxidation sites excluding steroid dienone is 4. The predicted molar refractivity (Wildman–Crippen MR) is 59.9 cm³/mol. The second-order valence-electron chi connectivity index (χ2n) is 2.90. The van der Waals surface area contributed by atoms with Crippen LogP contribution >= 0.6 is 15.9 Å². The quantitative estimate of drug-likeness (QED) is 0.584. The number of hydrogen-bond donors (Lipinski definition) is 0. The van der Waals surface area contributed by atoms with E-state index in [1.165, 1.54) is 0 Å². The Morgan fingerprint density at radius 2 is 2.21 bits per heavy atom. The summed E-state index contributed by atoms with van der Waals surface area (Å²) in [7, 11) is -3.36. The van der Waals surface area contributed by atoms with E-state index in [0.29, 0.717) is 0 Å². The molecule has 0 N–H and O–H groups in total. The van der Waals surface area contributed by atoms with Crippen LogP contribution < -0.4 is 0 Å². The lowest BCUT2D eigenvalue weighted by Gasteiger charge is -2.00. The summed E-state index contributed by atoms with van der Waals surface area (Å²) in [6.07, 6.45) is 10.4. The fourth-order valence-electron chi connectivity index (χ4n) is 0.892. The van der Waals surface area contributed by atoms with Gasteiger partial charge in [0.2, 0.25) is 0 Å². The molecule has 0 aromatic carbocycles. The molecule has 1 atom stereocenters. The van der Waals surface area contributed by atoms with E-state index in [1.54, 1.807) is 0 Å². The van der Waals surface area contributed by atoms with E-state index in [9.17, 15) is 8.42 Å². The van der Waals surface area contributed by atoms with Gasteiger partial charge in [0.05, 0.1) is 17.7 Å². The first-order chi connectivity index (χ1) is 6.47. The third-order valence-corrected chi connectivity index (χ3v) is 2.70. The molecule has 0 fully saturated rings. The Balaban J connectivity index is 2.59. The zero-order valence-electron chi connectivity index (χ0n) is 7.68. The van der Waals surface area contributed by atoms with Gasteiger partial charge in [-0.25, -0.2) is 0 Å². The van der Waals surface area contributed by atoms with E-state index in [4.69, 9.17) is 0 Å². The van der Waals surface area contributed by atoms with Crippen LogP contribution in [0.25, 0.3) is 0 Å². The van der Waals surface area contributed by atoms with Crippen LogP contribution in [-0.2, 0) is 14.3 Å². The van der Waals surface area contributed by atoms with Crippen molar-refractivity contribution in [2.75, 3.05) is 12.9 Å². The Kier molecular flexibility index (Phi) is 4.10. The molecule has 0 aliphatic heterocycles. The summed E-state index contributed by atoms with van der Waals surface area (Å²) in [5.74, 6) is 0. The number of rotatable bonds is 3. The molecular formula is C9H11BrO3S. The van der Waals surface area contributed by atoms with Crippen LogP contribution in [0.5, 0.6) is 0 Å². The van der Waals surface area contributed by atoms with Crippen molar-refractivity contribution < 1.29 is 12.6 Å². The van der Waals surface area contributed by atoms with Crippen molar-refractivity contribution in [3.05, 3.63) is 36.0 Å². The zero-order valence-corrected chi connectivity index (χ0v) is 10.1. The Bertz CT molecular complexity index is 379. The van der Waals surface area contributed by atoms with E-state index in [1.807, 2.05) is 30.4 Å². The van der Waals surface area contributed by atoms with Gasteiger partial charge in [0.25, 0.3) is 10.1 Å². The Labute approximate surface area is 92.4 Å². The lowest BCUT2D eigenvalue weighted by Crippen LogP contribution is -2.05. The van der Waals surface area contributed by atoms with Crippen molar-refractivity contribution in [2.24, 2.45) is 0 Å². The van der Waals surface area contributed by atoms with E-state index in [0.717, 1.165) is 11.8 Å². The van der Waals surface area contributed by atoms with E-state index < -0.39 is 10.1 Å². The monoisotopic (exact) mass is 278 g/mol. The fourth-order valence-corrected chi connectivity index (χ4v) is 1.57. The standard InChI is InChI=1S/C9H11BrO3S/c1-14(11,12)13-7-8-3-2-4-9(10)6-5-8/h2-6,9H,7H2,1H3. The van der Waals surface area contributed by atoms with Gasteiger partial charge in [-0.05, 0) is 5.57 Å². The SMILES string of the molecule is CS(=O)(=O)OCC1=CC=CC(Br)C=C1. The molecule has 78 valence electrons. The van der Waals surface area contributed by atoms with Crippen LogP contribution in [0, 0.1) is 0 Å². The Hall–Kier alpha value is -0.390.